The van der Waals surface area contributed by atoms with Crippen LogP contribution >= 0.6 is 11.6 Å². The van der Waals surface area contributed by atoms with E-state index in [9.17, 15) is 9.90 Å². The Morgan fingerprint density at radius 3 is 3.05 bits per heavy atom. The molecule has 1 amide bonds. The number of aliphatic hydroxyl groups is 1. The minimum atomic E-state index is -0.307. The highest BCUT2D eigenvalue weighted by Gasteiger charge is 2.19. The van der Waals surface area contributed by atoms with Gasteiger partial charge in [0.1, 0.15) is 0 Å². The van der Waals surface area contributed by atoms with E-state index < -0.39 is 0 Å². The van der Waals surface area contributed by atoms with Crippen molar-refractivity contribution in [2.24, 2.45) is 0 Å². The summed E-state index contributed by atoms with van der Waals surface area (Å²) in [4.78, 5) is 13.9. The number of amides is 1. The fraction of sp³-hybridized carbons (Fsp3) is 0.500. The number of piperidine rings is 1. The molecule has 5 heteroatoms. The van der Waals surface area contributed by atoms with Gasteiger partial charge < -0.3 is 10.4 Å². The van der Waals surface area contributed by atoms with E-state index in [1.165, 1.54) is 0 Å². The topological polar surface area (TPSA) is 52.6 Å². The molecule has 1 aromatic carbocycles. The molecule has 1 aliphatic heterocycles. The van der Waals surface area contributed by atoms with Gasteiger partial charge in [0.15, 0.2) is 0 Å². The molecule has 4 nitrogen and oxygen atoms in total. The quantitative estimate of drug-likeness (QED) is 0.892. The number of carbonyl (C=O) groups is 1. The maximum absolute atomic E-state index is 12.0. The molecule has 0 radical (unpaired) electrons. The monoisotopic (exact) mass is 282 g/mol. The molecule has 1 saturated heterocycles. The number of anilines is 1. The third kappa shape index (κ3) is 4.20. The highest BCUT2D eigenvalue weighted by Crippen LogP contribution is 2.19. The summed E-state index contributed by atoms with van der Waals surface area (Å²) in [5, 5.41) is 13.1. The second-order valence-corrected chi connectivity index (χ2v) is 5.48. The molecule has 2 N–H and O–H groups in total. The summed E-state index contributed by atoms with van der Waals surface area (Å²) >= 11 is 5.88. The fourth-order valence-electron chi connectivity index (χ4n) is 2.33. The minimum absolute atomic E-state index is 0.0560. The molecule has 0 aliphatic carbocycles. The largest absolute Gasteiger partial charge is 0.392 e. The Hall–Kier alpha value is -1.10. The first kappa shape index (κ1) is 14.3. The van der Waals surface area contributed by atoms with Gasteiger partial charge in [0.25, 0.3) is 0 Å². The maximum atomic E-state index is 12.0. The van der Waals surface area contributed by atoms with Crippen molar-refractivity contribution in [3.8, 4) is 0 Å². The maximum Gasteiger partial charge on any atom is 0.238 e. The summed E-state index contributed by atoms with van der Waals surface area (Å²) in [6.07, 6.45) is 1.46. The highest BCUT2D eigenvalue weighted by molar-refractivity contribution is 6.30. The molecule has 0 spiro atoms. The van der Waals surface area contributed by atoms with Crippen molar-refractivity contribution in [1.29, 1.82) is 0 Å². The van der Waals surface area contributed by atoms with E-state index in [2.05, 4.69) is 5.32 Å². The average Bonchev–Trinajstić information content (AvgIpc) is 2.33. The number of aliphatic hydroxyl groups excluding tert-OH is 1. The van der Waals surface area contributed by atoms with Gasteiger partial charge in [-0.15, -0.1) is 0 Å². The van der Waals surface area contributed by atoms with Crippen molar-refractivity contribution >= 4 is 23.2 Å². The summed E-state index contributed by atoms with van der Waals surface area (Å²) in [6.45, 7) is 3.67. The molecule has 104 valence electrons. The number of nitrogens with one attached hydrogen (secondary N) is 1. The number of rotatable bonds is 3. The van der Waals surface area contributed by atoms with Crippen LogP contribution in [0.5, 0.6) is 0 Å². The number of aryl methyl sites for hydroxylation is 1. The number of hydrogen-bond acceptors (Lipinski definition) is 3. The van der Waals surface area contributed by atoms with Gasteiger partial charge in [0, 0.05) is 17.3 Å². The van der Waals surface area contributed by atoms with Gasteiger partial charge in [-0.2, -0.15) is 0 Å². The fourth-order valence-corrected chi connectivity index (χ4v) is 2.56. The lowest BCUT2D eigenvalue weighted by Crippen LogP contribution is -2.42. The van der Waals surface area contributed by atoms with Gasteiger partial charge in [-0.25, -0.2) is 0 Å². The van der Waals surface area contributed by atoms with Crippen LogP contribution in [-0.4, -0.2) is 41.7 Å². The predicted molar refractivity (Wildman–Crippen MR) is 76.5 cm³/mol. The van der Waals surface area contributed by atoms with Gasteiger partial charge in [0.05, 0.1) is 12.6 Å². The van der Waals surface area contributed by atoms with Crippen LogP contribution in [0.25, 0.3) is 0 Å². The SMILES string of the molecule is Cc1cc(Cl)ccc1NC(=O)CN1CCCC(O)C1. The number of hydrogen-bond donors (Lipinski definition) is 2. The summed E-state index contributed by atoms with van der Waals surface area (Å²) in [5.41, 5.74) is 1.73. The van der Waals surface area contributed by atoms with Crippen LogP contribution in [0.4, 0.5) is 5.69 Å². The van der Waals surface area contributed by atoms with Gasteiger partial charge in [-0.3, -0.25) is 9.69 Å². The van der Waals surface area contributed by atoms with E-state index in [1.807, 2.05) is 17.9 Å². The number of likely N-dealkylation sites (tertiary alicyclic amines) is 1. The van der Waals surface area contributed by atoms with Gasteiger partial charge >= 0.3 is 0 Å². The Bertz CT molecular complexity index is 465. The van der Waals surface area contributed by atoms with E-state index in [0.29, 0.717) is 18.1 Å². The van der Waals surface area contributed by atoms with Crippen LogP contribution < -0.4 is 5.32 Å². The molecule has 19 heavy (non-hydrogen) atoms. The molecule has 1 aliphatic rings. The lowest BCUT2D eigenvalue weighted by molar-refractivity contribution is -0.118. The molecule has 1 unspecified atom stereocenters. The first-order chi connectivity index (χ1) is 9.04. The number of nitrogens with zero attached hydrogens (tertiary/aromatic N) is 1. The lowest BCUT2D eigenvalue weighted by Gasteiger charge is -2.29. The Kier molecular flexibility index (Phi) is 4.80. The summed E-state index contributed by atoms with van der Waals surface area (Å²) < 4.78 is 0. The average molecular weight is 283 g/mol. The van der Waals surface area contributed by atoms with Gasteiger partial charge in [-0.05, 0) is 50.1 Å². The van der Waals surface area contributed by atoms with Crippen LogP contribution in [0.15, 0.2) is 18.2 Å². The molecule has 1 aromatic rings. The highest BCUT2D eigenvalue weighted by atomic mass is 35.5. The van der Waals surface area contributed by atoms with Gasteiger partial charge in [-0.1, -0.05) is 11.6 Å². The van der Waals surface area contributed by atoms with E-state index in [0.717, 1.165) is 30.6 Å². The second kappa shape index (κ2) is 6.37. The minimum Gasteiger partial charge on any atom is -0.392 e. The van der Waals surface area contributed by atoms with Crippen LogP contribution in [-0.2, 0) is 4.79 Å². The molecule has 0 bridgehead atoms. The van der Waals surface area contributed by atoms with Crippen molar-refractivity contribution in [2.45, 2.75) is 25.9 Å². The van der Waals surface area contributed by atoms with Crippen LogP contribution in [0, 0.1) is 6.92 Å². The Balaban J connectivity index is 1.90. The zero-order valence-corrected chi connectivity index (χ0v) is 11.8. The summed E-state index contributed by atoms with van der Waals surface area (Å²) in [7, 11) is 0. The molecule has 0 saturated carbocycles. The van der Waals surface area contributed by atoms with Crippen molar-refractivity contribution < 1.29 is 9.90 Å². The first-order valence-corrected chi connectivity index (χ1v) is 6.89. The van der Waals surface area contributed by atoms with Crippen molar-refractivity contribution in [3.05, 3.63) is 28.8 Å². The Labute approximate surface area is 118 Å². The lowest BCUT2D eigenvalue weighted by atomic mass is 10.1. The molecule has 2 rings (SSSR count). The van der Waals surface area contributed by atoms with Crippen molar-refractivity contribution in [2.75, 3.05) is 25.0 Å². The Morgan fingerprint density at radius 2 is 2.37 bits per heavy atom. The van der Waals surface area contributed by atoms with Crippen LogP contribution in [0.2, 0.25) is 5.02 Å². The zero-order chi connectivity index (χ0) is 13.8. The second-order valence-electron chi connectivity index (χ2n) is 5.04. The van der Waals surface area contributed by atoms with E-state index in [1.54, 1.807) is 12.1 Å². The van der Waals surface area contributed by atoms with Crippen LogP contribution in [0.1, 0.15) is 18.4 Å². The van der Waals surface area contributed by atoms with Crippen molar-refractivity contribution in [1.82, 2.24) is 4.90 Å². The Morgan fingerprint density at radius 1 is 1.58 bits per heavy atom. The number of benzene rings is 1. The number of β-amino-alcohol motifs (C(OH)–C–C–N with tert-alkyl or cyclic N) is 1. The zero-order valence-electron chi connectivity index (χ0n) is 11.0. The third-order valence-electron chi connectivity index (χ3n) is 3.31. The third-order valence-corrected chi connectivity index (χ3v) is 3.55. The summed E-state index contributed by atoms with van der Waals surface area (Å²) in [5.74, 6) is -0.0560. The number of halogens is 1. The molecule has 1 fully saturated rings. The first-order valence-electron chi connectivity index (χ1n) is 6.51. The normalized spacial score (nSPS) is 20.3. The smallest absolute Gasteiger partial charge is 0.238 e. The molecular weight excluding hydrogens is 264 g/mol. The van der Waals surface area contributed by atoms with Gasteiger partial charge in [0.2, 0.25) is 5.91 Å². The predicted octanol–water partition coefficient (Wildman–Crippen LogP) is 2.04. The van der Waals surface area contributed by atoms with E-state index >= 15 is 0 Å². The standard InChI is InChI=1S/C14H19ClN2O2/c1-10-7-11(15)4-5-13(10)16-14(19)9-17-6-2-3-12(18)8-17/h4-5,7,12,18H,2-3,6,8-9H2,1H3,(H,16,19). The van der Waals surface area contributed by atoms with Crippen LogP contribution in [0.3, 0.4) is 0 Å². The number of carbonyl (C=O) groups excluding carboxylic acids is 1. The molecule has 0 aromatic heterocycles. The summed E-state index contributed by atoms with van der Waals surface area (Å²) in [6, 6.07) is 5.39. The van der Waals surface area contributed by atoms with E-state index in [4.69, 9.17) is 11.6 Å². The molecular formula is C14H19ClN2O2. The van der Waals surface area contributed by atoms with E-state index in [-0.39, 0.29) is 12.0 Å². The van der Waals surface area contributed by atoms with Crippen molar-refractivity contribution in [3.63, 3.8) is 0 Å². The molecule has 1 heterocycles. The molecule has 1 atom stereocenters.